The monoisotopic (exact) mass is 315 g/mol. The molecule has 0 aromatic heterocycles. The number of benzene rings is 1. The number of hydrogen-bond acceptors (Lipinski definition) is 4. The standard InChI is InChI=1S/C13H14FN3O3.ClH/c14-11-5-10(6-12(7-11)17(19)20)13(18)16-8-9-1-3-15-4-2-9;/h1,5-7,15H,2-4,8H2,(H,16,18);1H. The molecule has 2 N–H and O–H groups in total. The average molecular weight is 316 g/mol. The molecule has 1 aromatic rings. The summed E-state index contributed by atoms with van der Waals surface area (Å²) in [5.74, 6) is -1.32. The van der Waals surface area contributed by atoms with Gasteiger partial charge in [0.15, 0.2) is 0 Å². The first-order chi connectivity index (χ1) is 9.56. The summed E-state index contributed by atoms with van der Waals surface area (Å²) in [4.78, 5) is 21.8. The van der Waals surface area contributed by atoms with Crippen molar-refractivity contribution in [3.63, 3.8) is 0 Å². The van der Waals surface area contributed by atoms with Crippen LogP contribution < -0.4 is 10.6 Å². The molecule has 0 fully saturated rings. The lowest BCUT2D eigenvalue weighted by Gasteiger charge is -2.14. The topological polar surface area (TPSA) is 84.3 Å². The lowest BCUT2D eigenvalue weighted by molar-refractivity contribution is -0.385. The van der Waals surface area contributed by atoms with Crippen LogP contribution in [-0.4, -0.2) is 30.5 Å². The average Bonchev–Trinajstić information content (AvgIpc) is 2.45. The van der Waals surface area contributed by atoms with Gasteiger partial charge < -0.3 is 10.6 Å². The second-order valence-electron chi connectivity index (χ2n) is 4.45. The highest BCUT2D eigenvalue weighted by molar-refractivity contribution is 5.95. The summed E-state index contributed by atoms with van der Waals surface area (Å²) in [6.45, 7) is 1.98. The zero-order chi connectivity index (χ0) is 14.5. The molecule has 8 heteroatoms. The summed E-state index contributed by atoms with van der Waals surface area (Å²) < 4.78 is 13.2. The smallest absolute Gasteiger partial charge is 0.273 e. The number of nitrogens with one attached hydrogen (secondary N) is 2. The molecule has 1 aliphatic rings. The van der Waals surface area contributed by atoms with Gasteiger partial charge in [0.05, 0.1) is 11.0 Å². The second kappa shape index (κ2) is 7.70. The van der Waals surface area contributed by atoms with Crippen LogP contribution in [0, 0.1) is 15.9 Å². The molecule has 1 aliphatic heterocycles. The normalized spacial score (nSPS) is 13.9. The van der Waals surface area contributed by atoms with Crippen LogP contribution in [0.2, 0.25) is 0 Å². The summed E-state index contributed by atoms with van der Waals surface area (Å²) in [6.07, 6.45) is 2.82. The third-order valence-corrected chi connectivity index (χ3v) is 2.99. The fourth-order valence-electron chi connectivity index (χ4n) is 1.94. The Bertz CT molecular complexity index is 578. The molecule has 0 spiro atoms. The van der Waals surface area contributed by atoms with Crippen molar-refractivity contribution < 1.29 is 14.1 Å². The molecule has 0 bridgehead atoms. The third-order valence-electron chi connectivity index (χ3n) is 2.99. The van der Waals surface area contributed by atoms with E-state index < -0.39 is 22.3 Å². The number of amides is 1. The van der Waals surface area contributed by atoms with Crippen molar-refractivity contribution in [1.29, 1.82) is 0 Å². The molecule has 1 aromatic carbocycles. The van der Waals surface area contributed by atoms with Gasteiger partial charge in [-0.1, -0.05) is 11.6 Å². The number of halogens is 2. The van der Waals surface area contributed by atoms with Gasteiger partial charge in [-0.3, -0.25) is 14.9 Å². The molecule has 0 saturated heterocycles. The minimum absolute atomic E-state index is 0. The largest absolute Gasteiger partial charge is 0.348 e. The number of hydrogen-bond donors (Lipinski definition) is 2. The molecule has 0 unspecified atom stereocenters. The van der Waals surface area contributed by atoms with Crippen LogP contribution >= 0.6 is 12.4 Å². The number of nitrogens with zero attached hydrogens (tertiary/aromatic N) is 1. The van der Waals surface area contributed by atoms with E-state index in [4.69, 9.17) is 0 Å². The van der Waals surface area contributed by atoms with E-state index in [9.17, 15) is 19.3 Å². The van der Waals surface area contributed by atoms with Crippen molar-refractivity contribution in [2.24, 2.45) is 0 Å². The van der Waals surface area contributed by atoms with E-state index in [0.717, 1.165) is 43.3 Å². The number of non-ortho nitro benzene ring substituents is 1. The fraction of sp³-hybridized carbons (Fsp3) is 0.308. The van der Waals surface area contributed by atoms with Crippen molar-refractivity contribution in [3.05, 3.63) is 51.3 Å². The lowest BCUT2D eigenvalue weighted by atomic mass is 10.1. The van der Waals surface area contributed by atoms with Crippen LogP contribution in [0.3, 0.4) is 0 Å². The molecule has 0 atom stereocenters. The molecule has 0 radical (unpaired) electrons. The Morgan fingerprint density at radius 1 is 1.43 bits per heavy atom. The quantitative estimate of drug-likeness (QED) is 0.504. The molecule has 6 nitrogen and oxygen atoms in total. The van der Waals surface area contributed by atoms with Gasteiger partial charge >= 0.3 is 0 Å². The summed E-state index contributed by atoms with van der Waals surface area (Å²) in [5, 5.41) is 16.4. The first kappa shape index (κ1) is 17.1. The van der Waals surface area contributed by atoms with E-state index in [-0.39, 0.29) is 18.0 Å². The van der Waals surface area contributed by atoms with E-state index >= 15 is 0 Å². The van der Waals surface area contributed by atoms with Crippen molar-refractivity contribution in [2.75, 3.05) is 19.6 Å². The zero-order valence-electron chi connectivity index (χ0n) is 11.1. The molecule has 114 valence electrons. The van der Waals surface area contributed by atoms with Crippen LogP contribution in [0.1, 0.15) is 16.8 Å². The Morgan fingerprint density at radius 2 is 2.19 bits per heavy atom. The van der Waals surface area contributed by atoms with E-state index in [2.05, 4.69) is 10.6 Å². The Balaban J connectivity index is 0.00000220. The first-order valence-corrected chi connectivity index (χ1v) is 6.18. The second-order valence-corrected chi connectivity index (χ2v) is 4.45. The van der Waals surface area contributed by atoms with Gasteiger partial charge in [0, 0.05) is 24.7 Å². The number of carbonyl (C=O) groups is 1. The highest BCUT2D eigenvalue weighted by Gasteiger charge is 2.15. The predicted octanol–water partition coefficient (Wildman–Crippen LogP) is 1.81. The Hall–Kier alpha value is -1.99. The molecule has 0 saturated carbocycles. The van der Waals surface area contributed by atoms with E-state index in [1.54, 1.807) is 0 Å². The molecular weight excluding hydrogens is 301 g/mol. The van der Waals surface area contributed by atoms with Crippen molar-refractivity contribution in [1.82, 2.24) is 10.6 Å². The Morgan fingerprint density at radius 3 is 2.81 bits per heavy atom. The summed E-state index contributed by atoms with van der Waals surface area (Å²) in [5.41, 5.74) is 0.602. The fourth-order valence-corrected chi connectivity index (χ4v) is 1.94. The molecule has 21 heavy (non-hydrogen) atoms. The van der Waals surface area contributed by atoms with Gasteiger partial charge in [-0.05, 0) is 19.0 Å². The Labute approximate surface area is 127 Å². The summed E-state index contributed by atoms with van der Waals surface area (Å²) in [7, 11) is 0. The van der Waals surface area contributed by atoms with Gasteiger partial charge in [0.25, 0.3) is 11.6 Å². The Kier molecular flexibility index (Phi) is 6.26. The SMILES string of the molecule is Cl.O=C(NCC1=CCNCC1)c1cc(F)cc([N+](=O)[O-])c1. The summed E-state index contributed by atoms with van der Waals surface area (Å²) in [6, 6.07) is 2.83. The minimum Gasteiger partial charge on any atom is -0.348 e. The molecular formula is C13H15ClFN3O3. The van der Waals surface area contributed by atoms with Gasteiger partial charge in [-0.25, -0.2) is 4.39 Å². The van der Waals surface area contributed by atoms with E-state index in [0.29, 0.717) is 6.54 Å². The number of rotatable bonds is 4. The van der Waals surface area contributed by atoms with Crippen LogP contribution in [0.5, 0.6) is 0 Å². The first-order valence-electron chi connectivity index (χ1n) is 6.18. The molecule has 0 aliphatic carbocycles. The number of nitro groups is 1. The number of nitro benzene ring substituents is 1. The van der Waals surface area contributed by atoms with Gasteiger partial charge in [-0.15, -0.1) is 12.4 Å². The van der Waals surface area contributed by atoms with Crippen molar-refractivity contribution in [2.45, 2.75) is 6.42 Å². The van der Waals surface area contributed by atoms with Crippen LogP contribution in [0.4, 0.5) is 10.1 Å². The van der Waals surface area contributed by atoms with Crippen LogP contribution in [0.25, 0.3) is 0 Å². The molecule has 1 amide bonds. The molecule has 2 rings (SSSR count). The van der Waals surface area contributed by atoms with Gasteiger partial charge in [0.2, 0.25) is 0 Å². The maximum Gasteiger partial charge on any atom is 0.273 e. The third kappa shape index (κ3) is 4.80. The van der Waals surface area contributed by atoms with Crippen LogP contribution in [-0.2, 0) is 0 Å². The number of carbonyl (C=O) groups excluding carboxylic acids is 1. The van der Waals surface area contributed by atoms with Crippen LogP contribution in [0.15, 0.2) is 29.8 Å². The maximum atomic E-state index is 13.2. The maximum absolute atomic E-state index is 13.2. The van der Waals surface area contributed by atoms with E-state index in [1.165, 1.54) is 0 Å². The van der Waals surface area contributed by atoms with Crippen molar-refractivity contribution >= 4 is 24.0 Å². The van der Waals surface area contributed by atoms with Gasteiger partial charge in [-0.2, -0.15) is 0 Å². The zero-order valence-corrected chi connectivity index (χ0v) is 11.9. The van der Waals surface area contributed by atoms with Crippen molar-refractivity contribution in [3.8, 4) is 0 Å². The van der Waals surface area contributed by atoms with E-state index in [1.807, 2.05) is 6.08 Å². The minimum atomic E-state index is -0.801. The highest BCUT2D eigenvalue weighted by atomic mass is 35.5. The predicted molar refractivity (Wildman–Crippen MR) is 78.2 cm³/mol. The highest BCUT2D eigenvalue weighted by Crippen LogP contribution is 2.16. The molecule has 1 heterocycles. The lowest BCUT2D eigenvalue weighted by Crippen LogP contribution is -2.29. The van der Waals surface area contributed by atoms with Gasteiger partial charge in [0.1, 0.15) is 5.82 Å². The summed E-state index contributed by atoms with van der Waals surface area (Å²) >= 11 is 0.